The molecule has 3 rings (SSSR count). The van der Waals surface area contributed by atoms with Crippen LogP contribution in [0.15, 0.2) is 47.8 Å². The number of hydrogen-bond donors (Lipinski definition) is 1. The molecule has 0 aliphatic heterocycles. The maximum Gasteiger partial charge on any atom is 0.257 e. The summed E-state index contributed by atoms with van der Waals surface area (Å²) in [7, 11) is 0. The minimum atomic E-state index is -0.287. The molecule has 134 valence electrons. The van der Waals surface area contributed by atoms with Crippen LogP contribution >= 0.6 is 34.5 Å². The molecule has 0 radical (unpaired) electrons. The molecule has 0 aliphatic rings. The van der Waals surface area contributed by atoms with Gasteiger partial charge in [0.2, 0.25) is 0 Å². The van der Waals surface area contributed by atoms with Crippen LogP contribution in [0.3, 0.4) is 0 Å². The van der Waals surface area contributed by atoms with Crippen molar-refractivity contribution in [3.05, 3.63) is 63.5 Å². The molecule has 1 aromatic heterocycles. The summed E-state index contributed by atoms with van der Waals surface area (Å²) >= 11 is 13.2. The molecule has 0 aliphatic carbocycles. The molecule has 3 aromatic rings. The van der Waals surface area contributed by atoms with Gasteiger partial charge in [-0.05, 0) is 56.3 Å². The molecule has 2 aromatic carbocycles. The SMILES string of the molecule is CC(C)Oc1ccc(-c2csc(NC(=O)c3ccc(Cl)c(Cl)c3)n2)cc1. The normalized spacial score (nSPS) is 10.8. The number of anilines is 1. The van der Waals surface area contributed by atoms with E-state index in [-0.39, 0.29) is 12.0 Å². The number of carbonyl (C=O) groups excluding carboxylic acids is 1. The summed E-state index contributed by atoms with van der Waals surface area (Å²) in [5.41, 5.74) is 2.16. The van der Waals surface area contributed by atoms with Crippen molar-refractivity contribution in [3.63, 3.8) is 0 Å². The first-order valence-corrected chi connectivity index (χ1v) is 9.55. The first kappa shape index (κ1) is 18.7. The van der Waals surface area contributed by atoms with Gasteiger partial charge in [0, 0.05) is 16.5 Å². The Morgan fingerprint density at radius 2 is 1.85 bits per heavy atom. The van der Waals surface area contributed by atoms with Crippen LogP contribution < -0.4 is 10.1 Å². The smallest absolute Gasteiger partial charge is 0.257 e. The van der Waals surface area contributed by atoms with Gasteiger partial charge in [0.05, 0.1) is 21.8 Å². The van der Waals surface area contributed by atoms with E-state index in [0.29, 0.717) is 20.7 Å². The molecule has 1 N–H and O–H groups in total. The van der Waals surface area contributed by atoms with Gasteiger partial charge in [-0.1, -0.05) is 23.2 Å². The zero-order valence-corrected chi connectivity index (χ0v) is 16.5. The van der Waals surface area contributed by atoms with Crippen molar-refractivity contribution in [1.82, 2.24) is 4.98 Å². The van der Waals surface area contributed by atoms with Crippen LogP contribution in [0, 0.1) is 0 Å². The number of thiazole rings is 1. The van der Waals surface area contributed by atoms with Crippen LogP contribution in [-0.4, -0.2) is 17.0 Å². The first-order chi connectivity index (χ1) is 12.4. The fourth-order valence-electron chi connectivity index (χ4n) is 2.25. The number of nitrogens with zero attached hydrogens (tertiary/aromatic N) is 1. The van der Waals surface area contributed by atoms with E-state index in [4.69, 9.17) is 27.9 Å². The first-order valence-electron chi connectivity index (χ1n) is 7.91. The largest absolute Gasteiger partial charge is 0.491 e. The van der Waals surface area contributed by atoms with Crippen molar-refractivity contribution in [1.29, 1.82) is 0 Å². The number of ether oxygens (including phenoxy) is 1. The highest BCUT2D eigenvalue weighted by Crippen LogP contribution is 2.28. The minimum Gasteiger partial charge on any atom is -0.491 e. The van der Waals surface area contributed by atoms with E-state index in [9.17, 15) is 4.79 Å². The molecule has 0 bridgehead atoms. The van der Waals surface area contributed by atoms with Gasteiger partial charge in [-0.25, -0.2) is 4.98 Å². The predicted molar refractivity (Wildman–Crippen MR) is 108 cm³/mol. The van der Waals surface area contributed by atoms with Gasteiger partial charge in [0.1, 0.15) is 5.75 Å². The predicted octanol–water partition coefficient (Wildman–Crippen LogP) is 6.16. The zero-order chi connectivity index (χ0) is 18.7. The van der Waals surface area contributed by atoms with E-state index in [1.165, 1.54) is 17.4 Å². The van der Waals surface area contributed by atoms with Crippen LogP contribution in [0.25, 0.3) is 11.3 Å². The lowest BCUT2D eigenvalue weighted by Gasteiger charge is -2.09. The van der Waals surface area contributed by atoms with E-state index in [0.717, 1.165) is 17.0 Å². The van der Waals surface area contributed by atoms with Crippen molar-refractivity contribution in [2.75, 3.05) is 5.32 Å². The zero-order valence-electron chi connectivity index (χ0n) is 14.1. The summed E-state index contributed by atoms with van der Waals surface area (Å²) in [4.78, 5) is 16.8. The monoisotopic (exact) mass is 406 g/mol. The van der Waals surface area contributed by atoms with Crippen LogP contribution in [-0.2, 0) is 0 Å². The fraction of sp³-hybridized carbons (Fsp3) is 0.158. The number of halogens is 2. The van der Waals surface area contributed by atoms with Crippen LogP contribution in [0.2, 0.25) is 10.0 Å². The fourth-order valence-corrected chi connectivity index (χ4v) is 3.26. The average Bonchev–Trinajstić information content (AvgIpc) is 3.06. The highest BCUT2D eigenvalue weighted by molar-refractivity contribution is 7.14. The van der Waals surface area contributed by atoms with E-state index >= 15 is 0 Å². The molecule has 26 heavy (non-hydrogen) atoms. The molecule has 0 atom stereocenters. The highest BCUT2D eigenvalue weighted by Gasteiger charge is 2.12. The van der Waals surface area contributed by atoms with Gasteiger partial charge in [0.25, 0.3) is 5.91 Å². The summed E-state index contributed by atoms with van der Waals surface area (Å²) < 4.78 is 5.63. The summed E-state index contributed by atoms with van der Waals surface area (Å²) in [5.74, 6) is 0.525. The minimum absolute atomic E-state index is 0.128. The molecule has 4 nitrogen and oxygen atoms in total. The molecular weight excluding hydrogens is 391 g/mol. The number of aromatic nitrogens is 1. The summed E-state index contributed by atoms with van der Waals surface area (Å²) in [6.07, 6.45) is 0.128. The van der Waals surface area contributed by atoms with Gasteiger partial charge >= 0.3 is 0 Å². The number of carbonyl (C=O) groups is 1. The second-order valence-corrected chi connectivity index (χ2v) is 7.48. The van der Waals surface area contributed by atoms with E-state index in [1.807, 2.05) is 43.5 Å². The number of rotatable bonds is 5. The third-order valence-corrected chi connectivity index (χ3v) is 4.93. The number of nitrogens with one attached hydrogen (secondary N) is 1. The van der Waals surface area contributed by atoms with Crippen LogP contribution in [0.5, 0.6) is 5.75 Å². The van der Waals surface area contributed by atoms with Crippen molar-refractivity contribution in [2.24, 2.45) is 0 Å². The highest BCUT2D eigenvalue weighted by atomic mass is 35.5. The van der Waals surface area contributed by atoms with Gasteiger partial charge < -0.3 is 4.74 Å². The second kappa shape index (κ2) is 8.08. The number of hydrogen-bond acceptors (Lipinski definition) is 4. The third-order valence-electron chi connectivity index (χ3n) is 3.43. The van der Waals surface area contributed by atoms with Gasteiger partial charge in [-0.2, -0.15) is 0 Å². The van der Waals surface area contributed by atoms with Gasteiger partial charge in [-0.15, -0.1) is 11.3 Å². The van der Waals surface area contributed by atoms with E-state index < -0.39 is 0 Å². The molecule has 1 heterocycles. The lowest BCUT2D eigenvalue weighted by Crippen LogP contribution is -2.11. The molecule has 0 saturated carbocycles. The molecule has 0 fully saturated rings. The van der Waals surface area contributed by atoms with Gasteiger partial charge in [0.15, 0.2) is 5.13 Å². The molecule has 1 amide bonds. The van der Waals surface area contributed by atoms with Crippen LogP contribution in [0.1, 0.15) is 24.2 Å². The van der Waals surface area contributed by atoms with Crippen molar-refractivity contribution < 1.29 is 9.53 Å². The number of amides is 1. The Balaban J connectivity index is 1.71. The third kappa shape index (κ3) is 4.55. The lowest BCUT2D eigenvalue weighted by atomic mass is 10.2. The van der Waals surface area contributed by atoms with Crippen molar-refractivity contribution in [2.45, 2.75) is 20.0 Å². The maximum absolute atomic E-state index is 12.3. The number of benzene rings is 2. The van der Waals surface area contributed by atoms with Crippen molar-refractivity contribution >= 4 is 45.6 Å². The van der Waals surface area contributed by atoms with E-state index in [2.05, 4.69) is 10.3 Å². The summed E-state index contributed by atoms with van der Waals surface area (Å²) in [5, 5.41) is 5.92. The Morgan fingerprint density at radius 1 is 1.12 bits per heavy atom. The van der Waals surface area contributed by atoms with Gasteiger partial charge in [-0.3, -0.25) is 10.1 Å². The average molecular weight is 407 g/mol. The Hall–Kier alpha value is -2.08. The Morgan fingerprint density at radius 3 is 2.50 bits per heavy atom. The Kier molecular flexibility index (Phi) is 5.81. The van der Waals surface area contributed by atoms with E-state index in [1.54, 1.807) is 12.1 Å². The molecule has 7 heteroatoms. The van der Waals surface area contributed by atoms with Crippen LogP contribution in [0.4, 0.5) is 5.13 Å². The molecule has 0 saturated heterocycles. The molecule has 0 unspecified atom stereocenters. The van der Waals surface area contributed by atoms with Crippen molar-refractivity contribution in [3.8, 4) is 17.0 Å². The Bertz CT molecular complexity index is 924. The second-order valence-electron chi connectivity index (χ2n) is 5.81. The molecular formula is C19H16Cl2N2O2S. The lowest BCUT2D eigenvalue weighted by molar-refractivity contribution is 0.102. The maximum atomic E-state index is 12.3. The standard InChI is InChI=1S/C19H16Cl2N2O2S/c1-11(2)25-14-6-3-12(4-7-14)17-10-26-19(22-17)23-18(24)13-5-8-15(20)16(21)9-13/h3-11H,1-2H3,(H,22,23,24). The topological polar surface area (TPSA) is 51.2 Å². The summed E-state index contributed by atoms with van der Waals surface area (Å²) in [6, 6.07) is 12.4. The summed E-state index contributed by atoms with van der Waals surface area (Å²) in [6.45, 7) is 3.97. The Labute approximate surface area is 165 Å². The molecule has 0 spiro atoms. The quantitative estimate of drug-likeness (QED) is 0.551.